The van der Waals surface area contributed by atoms with Gasteiger partial charge in [0.05, 0.1) is 4.88 Å². The van der Waals surface area contributed by atoms with Crippen LogP contribution in [0.5, 0.6) is 0 Å². The molecule has 0 aromatic carbocycles. The Kier molecular flexibility index (Phi) is 3.37. The van der Waals surface area contributed by atoms with Crippen LogP contribution in [0.1, 0.15) is 29.9 Å². The van der Waals surface area contributed by atoms with Crippen LogP contribution in [0.3, 0.4) is 0 Å². The van der Waals surface area contributed by atoms with Crippen LogP contribution in [0.2, 0.25) is 0 Å². The van der Waals surface area contributed by atoms with Crippen LogP contribution in [0.4, 0.5) is 0 Å². The summed E-state index contributed by atoms with van der Waals surface area (Å²) in [6, 6.07) is 3.47. The van der Waals surface area contributed by atoms with E-state index in [0.29, 0.717) is 4.88 Å². The lowest BCUT2D eigenvalue weighted by atomic mass is 10.00. The van der Waals surface area contributed by atoms with Crippen LogP contribution in [0.15, 0.2) is 17.5 Å². The Balaban J connectivity index is 2.75. The Labute approximate surface area is 81.6 Å². The minimum atomic E-state index is -0.343. The molecule has 1 atom stereocenters. The van der Waals surface area contributed by atoms with Gasteiger partial charge in [0.15, 0.2) is 0 Å². The van der Waals surface area contributed by atoms with E-state index in [9.17, 15) is 9.59 Å². The van der Waals surface area contributed by atoms with E-state index in [1.54, 1.807) is 24.4 Å². The van der Waals surface area contributed by atoms with Gasteiger partial charge >= 0.3 is 0 Å². The maximum absolute atomic E-state index is 11.5. The van der Waals surface area contributed by atoms with Crippen molar-refractivity contribution in [3.05, 3.63) is 22.4 Å². The highest BCUT2D eigenvalue weighted by Gasteiger charge is 2.21. The summed E-state index contributed by atoms with van der Waals surface area (Å²) >= 11 is 1.32. The zero-order chi connectivity index (χ0) is 9.84. The molecular weight excluding hydrogens is 184 g/mol. The Morgan fingerprint density at radius 2 is 2.23 bits per heavy atom. The van der Waals surface area contributed by atoms with Crippen molar-refractivity contribution in [2.45, 2.75) is 20.3 Å². The molecule has 0 aliphatic carbocycles. The molecule has 0 amide bonds. The second-order valence-electron chi connectivity index (χ2n) is 2.98. The van der Waals surface area contributed by atoms with Gasteiger partial charge in [-0.2, -0.15) is 0 Å². The quantitative estimate of drug-likeness (QED) is 0.548. The molecule has 3 heteroatoms. The minimum Gasteiger partial charge on any atom is -0.290 e. The average Bonchev–Trinajstić information content (AvgIpc) is 2.67. The molecule has 0 aliphatic rings. The second kappa shape index (κ2) is 4.33. The normalized spacial score (nSPS) is 12.5. The number of hydrogen-bond acceptors (Lipinski definition) is 3. The van der Waals surface area contributed by atoms with Crippen LogP contribution >= 0.6 is 11.3 Å². The third-order valence-electron chi connectivity index (χ3n) is 2.03. The van der Waals surface area contributed by atoms with Gasteiger partial charge in [0.25, 0.3) is 0 Å². The van der Waals surface area contributed by atoms with Crippen molar-refractivity contribution in [2.24, 2.45) is 5.92 Å². The fourth-order valence-corrected chi connectivity index (χ4v) is 1.61. The first-order valence-electron chi connectivity index (χ1n) is 4.28. The summed E-state index contributed by atoms with van der Waals surface area (Å²) in [5.41, 5.74) is 0. The Morgan fingerprint density at radius 1 is 1.54 bits per heavy atom. The number of hydrogen-bond donors (Lipinski definition) is 0. The van der Waals surface area contributed by atoms with E-state index >= 15 is 0 Å². The van der Waals surface area contributed by atoms with Crippen molar-refractivity contribution in [1.82, 2.24) is 0 Å². The van der Waals surface area contributed by atoms with Crippen LogP contribution in [-0.2, 0) is 4.79 Å². The number of carbonyl (C=O) groups is 2. The number of rotatable bonds is 4. The molecule has 0 aliphatic heterocycles. The van der Waals surface area contributed by atoms with Crippen molar-refractivity contribution < 1.29 is 9.59 Å². The molecule has 0 spiro atoms. The standard InChI is InChI=1S/C10H12O2S/c1-3-7(2)9(11)10(12)8-5-4-6-13-8/h4-7H,3H2,1-2H3. The van der Waals surface area contributed by atoms with E-state index in [0.717, 1.165) is 6.42 Å². The SMILES string of the molecule is CCC(C)C(=O)C(=O)c1cccs1. The lowest BCUT2D eigenvalue weighted by Gasteiger charge is -2.03. The first-order chi connectivity index (χ1) is 6.16. The minimum absolute atomic E-state index is 0.158. The molecule has 1 rings (SSSR count). The van der Waals surface area contributed by atoms with Gasteiger partial charge in [-0.25, -0.2) is 0 Å². The summed E-state index contributed by atoms with van der Waals surface area (Å²) in [7, 11) is 0. The van der Waals surface area contributed by atoms with Crippen LogP contribution in [-0.4, -0.2) is 11.6 Å². The van der Waals surface area contributed by atoms with Crippen LogP contribution in [0, 0.1) is 5.92 Å². The Morgan fingerprint density at radius 3 is 2.69 bits per heavy atom. The topological polar surface area (TPSA) is 34.1 Å². The van der Waals surface area contributed by atoms with Crippen molar-refractivity contribution in [2.75, 3.05) is 0 Å². The van der Waals surface area contributed by atoms with E-state index in [1.165, 1.54) is 11.3 Å². The van der Waals surface area contributed by atoms with Crippen molar-refractivity contribution in [1.29, 1.82) is 0 Å². The third-order valence-corrected chi connectivity index (χ3v) is 2.90. The Bertz CT molecular complexity index is 301. The molecule has 0 radical (unpaired) electrons. The summed E-state index contributed by atoms with van der Waals surface area (Å²) in [6.45, 7) is 3.69. The summed E-state index contributed by atoms with van der Waals surface area (Å²) in [4.78, 5) is 23.4. The zero-order valence-corrected chi connectivity index (χ0v) is 8.56. The summed E-state index contributed by atoms with van der Waals surface area (Å²) in [6.07, 6.45) is 0.718. The largest absolute Gasteiger partial charge is 0.290 e. The first kappa shape index (κ1) is 10.1. The molecule has 1 unspecified atom stereocenters. The molecule has 0 N–H and O–H groups in total. The van der Waals surface area contributed by atoms with Crippen molar-refractivity contribution in [3.8, 4) is 0 Å². The molecule has 0 saturated heterocycles. The lowest BCUT2D eigenvalue weighted by Crippen LogP contribution is -2.20. The highest BCUT2D eigenvalue weighted by molar-refractivity contribution is 7.13. The van der Waals surface area contributed by atoms with E-state index in [1.807, 2.05) is 6.92 Å². The molecular formula is C10H12O2S. The molecule has 0 bridgehead atoms. The van der Waals surface area contributed by atoms with Gasteiger partial charge in [-0.1, -0.05) is 19.9 Å². The number of Topliss-reactive ketones (excluding diaryl/α,β-unsaturated/α-hetero) is 2. The van der Waals surface area contributed by atoms with E-state index < -0.39 is 0 Å². The van der Waals surface area contributed by atoms with Crippen molar-refractivity contribution >= 4 is 22.9 Å². The van der Waals surface area contributed by atoms with Gasteiger partial charge in [-0.3, -0.25) is 9.59 Å². The summed E-state index contributed by atoms with van der Waals surface area (Å²) < 4.78 is 0. The van der Waals surface area contributed by atoms with Gasteiger partial charge in [0, 0.05) is 5.92 Å². The number of carbonyl (C=O) groups excluding carboxylic acids is 2. The van der Waals surface area contributed by atoms with Crippen molar-refractivity contribution in [3.63, 3.8) is 0 Å². The molecule has 1 aromatic rings. The third kappa shape index (κ3) is 2.25. The maximum atomic E-state index is 11.5. The highest BCUT2D eigenvalue weighted by Crippen LogP contribution is 2.13. The van der Waals surface area contributed by atoms with Gasteiger partial charge < -0.3 is 0 Å². The molecule has 2 nitrogen and oxygen atoms in total. The average molecular weight is 196 g/mol. The first-order valence-corrected chi connectivity index (χ1v) is 5.16. The Hall–Kier alpha value is -0.960. The fourth-order valence-electron chi connectivity index (χ4n) is 0.938. The number of ketones is 2. The maximum Gasteiger partial charge on any atom is 0.238 e. The van der Waals surface area contributed by atoms with E-state index in [-0.39, 0.29) is 17.5 Å². The predicted molar refractivity (Wildman–Crippen MR) is 53.1 cm³/mol. The zero-order valence-electron chi connectivity index (χ0n) is 7.74. The van der Waals surface area contributed by atoms with Gasteiger partial charge in [0.1, 0.15) is 0 Å². The number of thiophene rings is 1. The predicted octanol–water partition coefficient (Wildman–Crippen LogP) is 2.55. The smallest absolute Gasteiger partial charge is 0.238 e. The van der Waals surface area contributed by atoms with Crippen LogP contribution < -0.4 is 0 Å². The molecule has 0 fully saturated rings. The van der Waals surface area contributed by atoms with Gasteiger partial charge in [-0.05, 0) is 17.9 Å². The molecule has 70 valence electrons. The summed E-state index contributed by atoms with van der Waals surface area (Å²) in [5, 5.41) is 1.80. The van der Waals surface area contributed by atoms with Gasteiger partial charge in [-0.15, -0.1) is 11.3 Å². The molecule has 1 aromatic heterocycles. The lowest BCUT2D eigenvalue weighted by molar-refractivity contribution is -0.118. The monoisotopic (exact) mass is 196 g/mol. The molecule has 0 saturated carbocycles. The summed E-state index contributed by atoms with van der Waals surface area (Å²) in [5.74, 6) is -0.774. The second-order valence-corrected chi connectivity index (χ2v) is 3.93. The van der Waals surface area contributed by atoms with Crippen LogP contribution in [0.25, 0.3) is 0 Å². The highest BCUT2D eigenvalue weighted by atomic mass is 32.1. The fraction of sp³-hybridized carbons (Fsp3) is 0.400. The molecule has 13 heavy (non-hydrogen) atoms. The van der Waals surface area contributed by atoms with Gasteiger partial charge in [0.2, 0.25) is 11.6 Å². The van der Waals surface area contributed by atoms with E-state index in [2.05, 4.69) is 0 Å². The van der Waals surface area contributed by atoms with E-state index in [4.69, 9.17) is 0 Å². The molecule has 1 heterocycles.